The summed E-state index contributed by atoms with van der Waals surface area (Å²) in [7, 11) is 1.74. The zero-order valence-electron chi connectivity index (χ0n) is 12.1. The molecule has 0 fully saturated rings. The molecule has 4 nitrogen and oxygen atoms in total. The second-order valence-electron chi connectivity index (χ2n) is 4.92. The predicted molar refractivity (Wildman–Crippen MR) is 87.5 cm³/mol. The van der Waals surface area contributed by atoms with E-state index in [1.807, 2.05) is 12.1 Å². The Kier molecular flexibility index (Phi) is 5.57. The van der Waals surface area contributed by atoms with Crippen LogP contribution in [0.1, 0.15) is 27.2 Å². The number of benzene rings is 1. The van der Waals surface area contributed by atoms with Crippen molar-refractivity contribution in [3.05, 3.63) is 56.7 Å². The number of aryl methyl sites for hydroxylation is 1. The third-order valence-corrected chi connectivity index (χ3v) is 4.52. The fourth-order valence-corrected chi connectivity index (χ4v) is 3.28. The summed E-state index contributed by atoms with van der Waals surface area (Å²) >= 11 is 7.32. The quantitative estimate of drug-likeness (QED) is 0.874. The van der Waals surface area contributed by atoms with E-state index in [-0.39, 0.29) is 17.9 Å². The van der Waals surface area contributed by atoms with Gasteiger partial charge in [0.2, 0.25) is 5.91 Å². The lowest BCUT2D eigenvalue weighted by Gasteiger charge is -2.16. The minimum atomic E-state index is -0.968. The van der Waals surface area contributed by atoms with Crippen LogP contribution in [0.5, 0.6) is 0 Å². The van der Waals surface area contributed by atoms with Gasteiger partial charge in [0, 0.05) is 18.3 Å². The Morgan fingerprint density at radius 1 is 1.23 bits per heavy atom. The van der Waals surface area contributed by atoms with Gasteiger partial charge in [-0.25, -0.2) is 4.79 Å². The molecule has 0 aliphatic rings. The Morgan fingerprint density at radius 2 is 1.95 bits per heavy atom. The van der Waals surface area contributed by atoms with Gasteiger partial charge in [-0.15, -0.1) is 11.3 Å². The number of carboxylic acid groups (broad SMARTS) is 1. The normalized spacial score (nSPS) is 10.5. The number of nitrogens with zero attached hydrogens (tertiary/aromatic N) is 1. The average molecular weight is 338 g/mol. The molecule has 0 saturated carbocycles. The molecule has 0 saturated heterocycles. The number of carboxylic acids is 1. The number of aromatic carboxylic acids is 1. The Balaban J connectivity index is 1.93. The average Bonchev–Trinajstić information content (AvgIpc) is 2.90. The minimum absolute atomic E-state index is 0.0234. The van der Waals surface area contributed by atoms with E-state index in [2.05, 4.69) is 0 Å². The summed E-state index contributed by atoms with van der Waals surface area (Å²) in [4.78, 5) is 25.9. The Labute approximate surface area is 137 Å². The number of rotatable bonds is 6. The molecule has 2 aromatic rings. The highest BCUT2D eigenvalue weighted by Crippen LogP contribution is 2.22. The van der Waals surface area contributed by atoms with Crippen LogP contribution in [0.2, 0.25) is 4.34 Å². The molecule has 0 unspecified atom stereocenters. The number of carbonyl (C=O) groups excluding carboxylic acids is 1. The van der Waals surface area contributed by atoms with Gasteiger partial charge in [0.05, 0.1) is 16.4 Å². The second-order valence-corrected chi connectivity index (χ2v) is 6.72. The zero-order valence-corrected chi connectivity index (χ0v) is 13.7. The van der Waals surface area contributed by atoms with E-state index >= 15 is 0 Å². The first-order valence-electron chi connectivity index (χ1n) is 6.76. The largest absolute Gasteiger partial charge is 0.478 e. The number of carbonyl (C=O) groups is 2. The molecule has 1 aromatic carbocycles. The Morgan fingerprint density at radius 3 is 2.59 bits per heavy atom. The van der Waals surface area contributed by atoms with Crippen LogP contribution in [-0.4, -0.2) is 28.9 Å². The molecule has 22 heavy (non-hydrogen) atoms. The van der Waals surface area contributed by atoms with Gasteiger partial charge < -0.3 is 10.0 Å². The van der Waals surface area contributed by atoms with Crippen LogP contribution < -0.4 is 0 Å². The van der Waals surface area contributed by atoms with Crippen LogP contribution in [0.15, 0.2) is 36.4 Å². The predicted octanol–water partition coefficient (Wildman–Crippen LogP) is 3.69. The van der Waals surface area contributed by atoms with Crippen molar-refractivity contribution >= 4 is 34.8 Å². The highest BCUT2D eigenvalue weighted by atomic mass is 35.5. The number of amides is 1. The van der Waals surface area contributed by atoms with Crippen molar-refractivity contribution in [2.75, 3.05) is 7.05 Å². The van der Waals surface area contributed by atoms with Gasteiger partial charge in [-0.1, -0.05) is 29.8 Å². The molecule has 0 bridgehead atoms. The van der Waals surface area contributed by atoms with Gasteiger partial charge in [-0.2, -0.15) is 0 Å². The van der Waals surface area contributed by atoms with Crippen LogP contribution in [-0.2, 0) is 17.8 Å². The van der Waals surface area contributed by atoms with Gasteiger partial charge in [0.25, 0.3) is 0 Å². The first-order chi connectivity index (χ1) is 10.5. The lowest BCUT2D eigenvalue weighted by molar-refractivity contribution is -0.130. The molecular formula is C16H16ClNO3S. The third kappa shape index (κ3) is 4.32. The third-order valence-electron chi connectivity index (χ3n) is 3.30. The Hall–Kier alpha value is -1.85. The van der Waals surface area contributed by atoms with Crippen LogP contribution in [0.4, 0.5) is 0 Å². The molecule has 0 aliphatic heterocycles. The molecule has 0 spiro atoms. The first kappa shape index (κ1) is 16.5. The van der Waals surface area contributed by atoms with E-state index in [4.69, 9.17) is 16.7 Å². The van der Waals surface area contributed by atoms with Crippen molar-refractivity contribution in [2.24, 2.45) is 0 Å². The number of hydrogen-bond donors (Lipinski definition) is 1. The molecule has 116 valence electrons. The topological polar surface area (TPSA) is 57.6 Å². The zero-order chi connectivity index (χ0) is 16.1. The molecule has 2 rings (SSSR count). The number of halogens is 1. The lowest BCUT2D eigenvalue weighted by Crippen LogP contribution is -2.26. The van der Waals surface area contributed by atoms with Crippen LogP contribution in [0.25, 0.3) is 0 Å². The highest BCUT2D eigenvalue weighted by molar-refractivity contribution is 7.16. The van der Waals surface area contributed by atoms with Crippen molar-refractivity contribution in [3.63, 3.8) is 0 Å². The minimum Gasteiger partial charge on any atom is -0.478 e. The Bertz CT molecular complexity index is 684. The summed E-state index contributed by atoms with van der Waals surface area (Å²) in [6.07, 6.45) is 0.691. The highest BCUT2D eigenvalue weighted by Gasteiger charge is 2.14. The second kappa shape index (κ2) is 7.42. The van der Waals surface area contributed by atoms with E-state index in [1.54, 1.807) is 36.2 Å². The molecule has 1 N–H and O–H groups in total. The summed E-state index contributed by atoms with van der Waals surface area (Å²) < 4.78 is 0.700. The van der Waals surface area contributed by atoms with Crippen LogP contribution >= 0.6 is 22.9 Å². The number of thiophene rings is 1. The number of hydrogen-bond acceptors (Lipinski definition) is 3. The summed E-state index contributed by atoms with van der Waals surface area (Å²) in [5.74, 6) is -0.991. The molecule has 1 amide bonds. The fourth-order valence-electron chi connectivity index (χ4n) is 2.14. The van der Waals surface area contributed by atoms with E-state index in [0.717, 1.165) is 4.88 Å². The maximum Gasteiger partial charge on any atom is 0.335 e. The molecule has 1 heterocycles. The molecule has 0 atom stereocenters. The first-order valence-corrected chi connectivity index (χ1v) is 7.96. The van der Waals surface area contributed by atoms with E-state index < -0.39 is 5.97 Å². The van der Waals surface area contributed by atoms with Crippen LogP contribution in [0, 0.1) is 0 Å². The summed E-state index contributed by atoms with van der Waals surface area (Å²) in [5, 5.41) is 9.13. The molecule has 6 heteroatoms. The standard InChI is InChI=1S/C16H16ClNO3S/c1-18(10-12-7-8-14(17)22-12)15(19)9-6-11-4-2-3-5-13(11)16(20)21/h2-5,7-8H,6,9-10H2,1H3,(H,20,21). The maximum absolute atomic E-state index is 12.2. The summed E-state index contributed by atoms with van der Waals surface area (Å²) in [5.41, 5.74) is 0.930. The summed E-state index contributed by atoms with van der Waals surface area (Å²) in [6, 6.07) is 10.5. The van der Waals surface area contributed by atoms with Gasteiger partial charge in [-0.05, 0) is 30.2 Å². The smallest absolute Gasteiger partial charge is 0.335 e. The summed E-state index contributed by atoms with van der Waals surface area (Å²) in [6.45, 7) is 0.511. The van der Waals surface area contributed by atoms with E-state index in [1.165, 1.54) is 11.3 Å². The lowest BCUT2D eigenvalue weighted by atomic mass is 10.0. The fraction of sp³-hybridized carbons (Fsp3) is 0.250. The SMILES string of the molecule is CN(Cc1ccc(Cl)s1)C(=O)CCc1ccccc1C(=O)O. The van der Waals surface area contributed by atoms with Crippen LogP contribution in [0.3, 0.4) is 0 Å². The molecular weight excluding hydrogens is 322 g/mol. The van der Waals surface area contributed by atoms with Gasteiger partial charge in [0.1, 0.15) is 0 Å². The molecule has 0 aliphatic carbocycles. The molecule has 1 aromatic heterocycles. The van der Waals surface area contributed by atoms with Crippen molar-refractivity contribution in [1.82, 2.24) is 4.90 Å². The van der Waals surface area contributed by atoms with Crippen molar-refractivity contribution in [3.8, 4) is 0 Å². The van der Waals surface area contributed by atoms with Crippen molar-refractivity contribution in [2.45, 2.75) is 19.4 Å². The van der Waals surface area contributed by atoms with Crippen molar-refractivity contribution in [1.29, 1.82) is 0 Å². The monoisotopic (exact) mass is 337 g/mol. The van der Waals surface area contributed by atoms with E-state index in [0.29, 0.717) is 22.9 Å². The van der Waals surface area contributed by atoms with Crippen molar-refractivity contribution < 1.29 is 14.7 Å². The van der Waals surface area contributed by atoms with Gasteiger partial charge in [0.15, 0.2) is 0 Å². The maximum atomic E-state index is 12.2. The van der Waals surface area contributed by atoms with Gasteiger partial charge >= 0.3 is 5.97 Å². The van der Waals surface area contributed by atoms with Gasteiger partial charge in [-0.3, -0.25) is 4.79 Å². The van der Waals surface area contributed by atoms with E-state index in [9.17, 15) is 9.59 Å². The molecule has 0 radical (unpaired) electrons.